The number of likely N-dealkylation sites (tertiary alicyclic amines) is 1. The summed E-state index contributed by atoms with van der Waals surface area (Å²) in [6.07, 6.45) is 2.29. The van der Waals surface area contributed by atoms with E-state index in [0.29, 0.717) is 6.04 Å². The summed E-state index contributed by atoms with van der Waals surface area (Å²) in [4.78, 5) is 36.1. The van der Waals surface area contributed by atoms with Crippen LogP contribution in [-0.4, -0.2) is 53.2 Å². The third kappa shape index (κ3) is 15.8. The van der Waals surface area contributed by atoms with E-state index < -0.39 is 29.1 Å². The van der Waals surface area contributed by atoms with Crippen molar-refractivity contribution < 1.29 is 33.3 Å². The molecule has 2 aliphatic rings. The van der Waals surface area contributed by atoms with Crippen LogP contribution in [0, 0.1) is 0 Å². The van der Waals surface area contributed by atoms with E-state index in [1.807, 2.05) is 37.8 Å². The van der Waals surface area contributed by atoms with Crippen LogP contribution in [0.25, 0.3) is 0 Å². The van der Waals surface area contributed by atoms with Crippen molar-refractivity contribution in [2.24, 2.45) is 0 Å². The molecule has 11 heteroatoms. The van der Waals surface area contributed by atoms with Gasteiger partial charge in [-0.25, -0.2) is 14.4 Å². The maximum Gasteiger partial charge on any atom is 0.519 e. The number of halogens is 2. The Morgan fingerprint density at radius 2 is 1.13 bits per heavy atom. The molecule has 2 aromatic carbocycles. The van der Waals surface area contributed by atoms with Crippen molar-refractivity contribution in [3.8, 4) is 0 Å². The van der Waals surface area contributed by atoms with Gasteiger partial charge in [0, 0.05) is 21.5 Å². The predicted molar refractivity (Wildman–Crippen MR) is 187 cm³/mol. The first kappa shape index (κ1) is 39.5. The van der Waals surface area contributed by atoms with Crippen LogP contribution in [0.2, 0.25) is 0 Å². The summed E-state index contributed by atoms with van der Waals surface area (Å²) in [6, 6.07) is 17.5. The minimum atomic E-state index is -1.06. The van der Waals surface area contributed by atoms with Gasteiger partial charge in [0.05, 0.1) is 6.04 Å². The SMILES string of the molecule is Brc1ccc([C@@H]2CCCN2)cc1.CC(C)(C)OC(=O)N1CCC[C@H]1c1ccc(Br)cc1.CC(C)(C)OC(=O)OC(=O)OC(C)(C)C. The Hall–Kier alpha value is -2.63. The lowest BCUT2D eigenvalue weighted by Crippen LogP contribution is -2.36. The fourth-order valence-electron chi connectivity index (χ4n) is 4.61. The normalized spacial score (nSPS) is 17.9. The topological polar surface area (TPSA) is 103 Å². The van der Waals surface area contributed by atoms with E-state index in [9.17, 15) is 14.4 Å². The lowest BCUT2D eigenvalue weighted by Gasteiger charge is -2.28. The Morgan fingerprint density at radius 1 is 0.674 bits per heavy atom. The maximum atomic E-state index is 12.2. The summed E-state index contributed by atoms with van der Waals surface area (Å²) in [7, 11) is 0. The van der Waals surface area contributed by atoms with E-state index in [4.69, 9.17) is 14.2 Å². The van der Waals surface area contributed by atoms with Gasteiger partial charge in [-0.2, -0.15) is 0 Å². The smallest absolute Gasteiger partial charge is 0.444 e. The number of carbonyl (C=O) groups excluding carboxylic acids is 3. The molecule has 9 nitrogen and oxygen atoms in total. The van der Waals surface area contributed by atoms with Gasteiger partial charge in [0.15, 0.2) is 0 Å². The molecule has 0 bridgehead atoms. The lowest BCUT2D eigenvalue weighted by molar-refractivity contribution is -0.0294. The van der Waals surface area contributed by atoms with Gasteiger partial charge in [0.1, 0.15) is 16.8 Å². The van der Waals surface area contributed by atoms with Crippen molar-refractivity contribution in [1.82, 2.24) is 10.2 Å². The lowest BCUT2D eigenvalue weighted by atomic mass is 10.1. The van der Waals surface area contributed by atoms with Crippen LogP contribution >= 0.6 is 31.9 Å². The number of hydrogen-bond donors (Lipinski definition) is 1. The van der Waals surface area contributed by atoms with Crippen LogP contribution in [0.15, 0.2) is 57.5 Å². The molecule has 1 amide bonds. The van der Waals surface area contributed by atoms with Gasteiger partial charge >= 0.3 is 18.4 Å². The molecule has 2 heterocycles. The summed E-state index contributed by atoms with van der Waals surface area (Å²) in [5.74, 6) is 0. The Labute approximate surface area is 291 Å². The van der Waals surface area contributed by atoms with E-state index in [-0.39, 0.29) is 12.1 Å². The summed E-state index contributed by atoms with van der Waals surface area (Å²) < 4.78 is 21.5. The molecule has 2 fully saturated rings. The monoisotopic (exact) mass is 768 g/mol. The van der Waals surface area contributed by atoms with Gasteiger partial charge < -0.3 is 29.2 Å². The number of nitrogens with zero attached hydrogens (tertiary/aromatic N) is 1. The highest BCUT2D eigenvalue weighted by Crippen LogP contribution is 2.33. The molecule has 4 rings (SSSR count). The van der Waals surface area contributed by atoms with Crippen LogP contribution in [0.4, 0.5) is 14.4 Å². The molecule has 0 aromatic heterocycles. The summed E-state index contributed by atoms with van der Waals surface area (Å²) in [5.41, 5.74) is 0.754. The van der Waals surface area contributed by atoms with Gasteiger partial charge in [-0.1, -0.05) is 56.1 Å². The molecular formula is C35H50Br2N2O7. The number of carbonyl (C=O) groups is 3. The highest BCUT2D eigenvalue weighted by molar-refractivity contribution is 9.10. The molecule has 0 unspecified atom stereocenters. The molecule has 256 valence electrons. The number of hydrogen-bond acceptors (Lipinski definition) is 8. The molecule has 46 heavy (non-hydrogen) atoms. The second-order valence-electron chi connectivity index (χ2n) is 14.1. The van der Waals surface area contributed by atoms with E-state index in [1.54, 1.807) is 41.5 Å². The fourth-order valence-corrected chi connectivity index (χ4v) is 5.14. The third-order valence-corrected chi connectivity index (χ3v) is 7.47. The predicted octanol–water partition coefficient (Wildman–Crippen LogP) is 10.3. The van der Waals surface area contributed by atoms with Gasteiger partial charge in [0.25, 0.3) is 0 Å². The summed E-state index contributed by atoms with van der Waals surface area (Å²) in [5, 5.41) is 3.48. The Bertz CT molecular complexity index is 1230. The van der Waals surface area contributed by atoms with E-state index in [2.05, 4.69) is 78.3 Å². The quantitative estimate of drug-likeness (QED) is 0.183. The number of rotatable bonds is 2. The minimum absolute atomic E-state index is 0.142. The van der Waals surface area contributed by atoms with Crippen molar-refractivity contribution >= 4 is 50.3 Å². The second kappa shape index (κ2) is 17.5. The average Bonchev–Trinajstić information content (AvgIpc) is 3.60. The first-order chi connectivity index (χ1) is 21.2. The van der Waals surface area contributed by atoms with Crippen LogP contribution in [-0.2, 0) is 18.9 Å². The molecule has 0 spiro atoms. The van der Waals surface area contributed by atoms with Crippen molar-refractivity contribution in [2.45, 2.75) is 117 Å². The molecule has 2 saturated heterocycles. The number of ether oxygens (including phenoxy) is 4. The van der Waals surface area contributed by atoms with Crippen LogP contribution in [0.3, 0.4) is 0 Å². The molecule has 0 saturated carbocycles. The van der Waals surface area contributed by atoms with Crippen molar-refractivity contribution in [1.29, 1.82) is 0 Å². The minimum Gasteiger partial charge on any atom is -0.444 e. The van der Waals surface area contributed by atoms with Crippen molar-refractivity contribution in [3.05, 3.63) is 68.6 Å². The number of benzene rings is 2. The zero-order valence-electron chi connectivity index (χ0n) is 28.6. The summed E-state index contributed by atoms with van der Waals surface area (Å²) in [6.45, 7) is 17.7. The zero-order valence-corrected chi connectivity index (χ0v) is 31.7. The van der Waals surface area contributed by atoms with E-state index in [0.717, 1.165) is 28.3 Å². The van der Waals surface area contributed by atoms with Crippen LogP contribution in [0.1, 0.15) is 111 Å². The first-order valence-corrected chi connectivity index (χ1v) is 17.2. The van der Waals surface area contributed by atoms with Crippen LogP contribution in [0.5, 0.6) is 0 Å². The van der Waals surface area contributed by atoms with E-state index >= 15 is 0 Å². The zero-order chi connectivity index (χ0) is 34.7. The molecular weight excluding hydrogens is 720 g/mol. The standard InChI is InChI=1S/C15H20BrNO2.C10H12BrN.C10H18O5/c1-15(2,3)19-14(18)17-10-4-5-13(17)11-6-8-12(16)9-7-11;11-9-5-3-8(4-6-9)10-2-1-7-12-10;1-9(2,3)14-7(11)13-8(12)15-10(4,5)6/h6-9,13H,4-5,10H2,1-3H3;3-6,10,12H,1-2,7H2;1-6H3/t13-;10-;/m00./s1. The average molecular weight is 771 g/mol. The first-order valence-electron chi connectivity index (χ1n) is 15.6. The molecule has 2 atom stereocenters. The number of nitrogens with one attached hydrogen (secondary N) is 1. The van der Waals surface area contributed by atoms with Gasteiger partial charge in [0.2, 0.25) is 0 Å². The molecule has 2 aliphatic heterocycles. The summed E-state index contributed by atoms with van der Waals surface area (Å²) >= 11 is 6.87. The van der Waals surface area contributed by atoms with Crippen molar-refractivity contribution in [3.63, 3.8) is 0 Å². The Balaban J connectivity index is 0.000000247. The fraction of sp³-hybridized carbons (Fsp3) is 0.571. The molecule has 0 radical (unpaired) electrons. The van der Waals surface area contributed by atoms with E-state index in [1.165, 1.54) is 30.5 Å². The second-order valence-corrected chi connectivity index (χ2v) is 15.9. The van der Waals surface area contributed by atoms with Crippen molar-refractivity contribution in [2.75, 3.05) is 13.1 Å². The third-order valence-electron chi connectivity index (χ3n) is 6.41. The molecule has 2 aromatic rings. The highest BCUT2D eigenvalue weighted by atomic mass is 79.9. The molecule has 0 aliphatic carbocycles. The Morgan fingerprint density at radius 3 is 1.54 bits per heavy atom. The molecule has 1 N–H and O–H groups in total. The Kier molecular flexibility index (Phi) is 15.0. The van der Waals surface area contributed by atoms with Gasteiger partial charge in [-0.15, -0.1) is 0 Å². The maximum absolute atomic E-state index is 12.2. The number of amides is 1. The van der Waals surface area contributed by atoms with Crippen LogP contribution < -0.4 is 5.32 Å². The van der Waals surface area contributed by atoms with Gasteiger partial charge in [-0.3, -0.25) is 0 Å². The van der Waals surface area contributed by atoms with Gasteiger partial charge in [-0.05, 0) is 130 Å². The largest absolute Gasteiger partial charge is 0.519 e. The highest BCUT2D eigenvalue weighted by Gasteiger charge is 2.33.